The summed E-state index contributed by atoms with van der Waals surface area (Å²) in [6.07, 6.45) is 0. The van der Waals surface area contributed by atoms with Crippen molar-refractivity contribution in [2.75, 3.05) is 18.7 Å². The van der Waals surface area contributed by atoms with E-state index in [0.717, 1.165) is 6.07 Å². The van der Waals surface area contributed by atoms with Crippen LogP contribution >= 0.6 is 15.9 Å². The van der Waals surface area contributed by atoms with Gasteiger partial charge in [-0.2, -0.15) is 0 Å². The quantitative estimate of drug-likeness (QED) is 0.473. The Hall–Kier alpha value is -2.17. The zero-order chi connectivity index (χ0) is 14.7. The molecule has 20 heavy (non-hydrogen) atoms. The van der Waals surface area contributed by atoms with Crippen molar-refractivity contribution in [1.29, 1.82) is 5.31 Å². The fourth-order valence-electron chi connectivity index (χ4n) is 1.55. The first-order chi connectivity index (χ1) is 9.54. The van der Waals surface area contributed by atoms with Crippen LogP contribution in [0.3, 0.4) is 0 Å². The first kappa shape index (κ1) is 14.2. The Bertz CT molecular complexity index is 596. The summed E-state index contributed by atoms with van der Waals surface area (Å²) in [5, 5.41) is 20.0. The van der Waals surface area contributed by atoms with Gasteiger partial charge < -0.3 is 0 Å². The molecular formula is C9H7BBrN3O6. The summed E-state index contributed by atoms with van der Waals surface area (Å²) in [5.74, 6) is -0.226. The van der Waals surface area contributed by atoms with Gasteiger partial charge in [0.25, 0.3) is 0 Å². The van der Waals surface area contributed by atoms with Gasteiger partial charge in [0, 0.05) is 0 Å². The van der Waals surface area contributed by atoms with Crippen LogP contribution in [0.25, 0.3) is 0 Å². The van der Waals surface area contributed by atoms with Crippen LogP contribution in [0.5, 0.6) is 11.5 Å². The Labute approximate surface area is 121 Å². The van der Waals surface area contributed by atoms with Gasteiger partial charge in [-0.05, 0) is 0 Å². The molecule has 1 heterocycles. The number of nitrogens with one attached hydrogen (secondary N) is 2. The van der Waals surface area contributed by atoms with Crippen LogP contribution in [0.2, 0.25) is 0 Å². The van der Waals surface area contributed by atoms with Crippen LogP contribution in [-0.4, -0.2) is 31.5 Å². The number of anilines is 1. The second-order valence-corrected chi connectivity index (χ2v) is 4.35. The molecule has 2 N–H and O–H groups in total. The van der Waals surface area contributed by atoms with Crippen LogP contribution in [0.4, 0.5) is 11.4 Å². The summed E-state index contributed by atoms with van der Waals surface area (Å²) < 4.78 is 15.0. The van der Waals surface area contributed by atoms with Crippen LogP contribution in [0, 0.1) is 15.4 Å². The van der Waals surface area contributed by atoms with Gasteiger partial charge in [-0.15, -0.1) is 0 Å². The first-order valence-corrected chi connectivity index (χ1v) is 6.00. The van der Waals surface area contributed by atoms with Crippen LogP contribution in [-0.2, 0) is 9.45 Å². The summed E-state index contributed by atoms with van der Waals surface area (Å²) in [6, 6.07) is 1.15. The maximum atomic E-state index is 11.5. The maximum absolute atomic E-state index is 11.5. The third-order valence-corrected chi connectivity index (χ3v) is 3.10. The fraction of sp³-hybridized carbons (Fsp3) is 0.222. The van der Waals surface area contributed by atoms with E-state index in [1.54, 1.807) is 0 Å². The van der Waals surface area contributed by atoms with Crippen LogP contribution < -0.4 is 14.8 Å². The summed E-state index contributed by atoms with van der Waals surface area (Å²) >= 11 is 3.06. The summed E-state index contributed by atoms with van der Waals surface area (Å²) in [4.78, 5) is 21.8. The number of carbonyl (C=O) groups excluding carboxylic acids is 1. The molecule has 0 radical (unpaired) electrons. The standard InChI is InChI=1S/C9H7BBrN3O6/c11-7-5(14(16)17)1-4(8-9(7)19-3-18-8)13-6(15)2-20-10-12/h1,12H,2-3H2,(H,13,15). The zero-order valence-electron chi connectivity index (χ0n) is 9.84. The van der Waals surface area contributed by atoms with E-state index in [-0.39, 0.29) is 40.7 Å². The monoisotopic (exact) mass is 343 g/mol. The number of nitro groups is 1. The molecule has 0 unspecified atom stereocenters. The molecule has 0 atom stereocenters. The molecule has 1 amide bonds. The van der Waals surface area contributed by atoms with E-state index in [2.05, 4.69) is 25.9 Å². The Balaban J connectivity index is 2.35. The van der Waals surface area contributed by atoms with Gasteiger partial charge in [0.05, 0.1) is 0 Å². The molecule has 2 rings (SSSR count). The number of carbonyl (C=O) groups is 1. The number of amides is 1. The SMILES string of the molecule is N=BOCC(=O)Nc1cc([N+](=O)[O-])c(Br)c2c1OCO2. The Morgan fingerprint density at radius 1 is 1.60 bits per heavy atom. The molecule has 1 aromatic rings. The minimum absolute atomic E-state index is 0.102. The summed E-state index contributed by atoms with van der Waals surface area (Å²) in [7, 11) is 0.619. The van der Waals surface area contributed by atoms with E-state index < -0.39 is 10.8 Å². The average Bonchev–Trinajstić information content (AvgIpc) is 2.89. The third kappa shape index (κ3) is 2.71. The van der Waals surface area contributed by atoms with Crippen molar-refractivity contribution < 1.29 is 23.8 Å². The fourth-order valence-corrected chi connectivity index (χ4v) is 2.11. The van der Waals surface area contributed by atoms with Crippen molar-refractivity contribution in [2.45, 2.75) is 0 Å². The van der Waals surface area contributed by atoms with Crippen molar-refractivity contribution >= 4 is 40.5 Å². The number of benzene rings is 1. The number of rotatable bonds is 5. The van der Waals surface area contributed by atoms with Crippen molar-refractivity contribution in [1.82, 2.24) is 0 Å². The summed E-state index contributed by atoms with van der Waals surface area (Å²) in [6.45, 7) is -0.488. The van der Waals surface area contributed by atoms with Crippen molar-refractivity contribution in [3.05, 3.63) is 20.7 Å². The summed E-state index contributed by atoms with van der Waals surface area (Å²) in [5.41, 5.74) is -0.163. The van der Waals surface area contributed by atoms with Crippen LogP contribution in [0.1, 0.15) is 0 Å². The molecule has 1 aliphatic rings. The minimum atomic E-state index is -0.615. The molecule has 9 nitrogen and oxygen atoms in total. The molecule has 0 saturated heterocycles. The molecule has 0 bridgehead atoms. The molecule has 0 aromatic heterocycles. The van der Waals surface area contributed by atoms with Gasteiger partial charge in [-0.1, -0.05) is 0 Å². The van der Waals surface area contributed by atoms with Gasteiger partial charge in [-0.25, -0.2) is 0 Å². The van der Waals surface area contributed by atoms with Crippen molar-refractivity contribution in [3.8, 4) is 11.5 Å². The molecule has 1 aromatic carbocycles. The number of halogens is 1. The molecule has 11 heteroatoms. The number of nitrogens with zero attached hydrogens (tertiary/aromatic N) is 1. The average molecular weight is 344 g/mol. The van der Waals surface area contributed by atoms with E-state index in [1.807, 2.05) is 0 Å². The number of nitro benzene ring substituents is 1. The number of fused-ring (bicyclic) bond motifs is 1. The van der Waals surface area contributed by atoms with Gasteiger partial charge in [0.1, 0.15) is 0 Å². The van der Waals surface area contributed by atoms with Gasteiger partial charge >= 0.3 is 121 Å². The van der Waals surface area contributed by atoms with E-state index in [9.17, 15) is 14.9 Å². The molecule has 1 aliphatic heterocycles. The molecule has 0 aliphatic carbocycles. The first-order valence-electron chi connectivity index (χ1n) is 5.21. The van der Waals surface area contributed by atoms with E-state index >= 15 is 0 Å². The zero-order valence-corrected chi connectivity index (χ0v) is 11.4. The topological polar surface area (TPSA) is 124 Å². The predicted octanol–water partition coefficient (Wildman–Crippen LogP) is 1.42. The van der Waals surface area contributed by atoms with Gasteiger partial charge in [-0.3, -0.25) is 0 Å². The Kier molecular flexibility index (Phi) is 4.18. The number of ether oxygens (including phenoxy) is 2. The molecule has 104 valence electrons. The normalized spacial score (nSPS) is 11.7. The Morgan fingerprint density at radius 3 is 2.95 bits per heavy atom. The van der Waals surface area contributed by atoms with E-state index in [0.29, 0.717) is 7.27 Å². The van der Waals surface area contributed by atoms with Crippen molar-refractivity contribution in [3.63, 3.8) is 0 Å². The number of hydrogen-bond donors (Lipinski definition) is 2. The molecule has 0 fully saturated rings. The van der Waals surface area contributed by atoms with Crippen LogP contribution in [0.15, 0.2) is 10.5 Å². The Morgan fingerprint density at radius 2 is 2.30 bits per heavy atom. The number of hydrogen-bond acceptors (Lipinski definition) is 7. The molecule has 0 saturated carbocycles. The van der Waals surface area contributed by atoms with Gasteiger partial charge in [0.15, 0.2) is 0 Å². The van der Waals surface area contributed by atoms with Gasteiger partial charge in [0.2, 0.25) is 0 Å². The molecule has 0 spiro atoms. The third-order valence-electron chi connectivity index (χ3n) is 2.33. The second-order valence-electron chi connectivity index (χ2n) is 3.56. The predicted molar refractivity (Wildman–Crippen MR) is 70.0 cm³/mol. The van der Waals surface area contributed by atoms with Crippen molar-refractivity contribution in [2.24, 2.45) is 0 Å². The van der Waals surface area contributed by atoms with E-state index in [1.165, 1.54) is 0 Å². The van der Waals surface area contributed by atoms with E-state index in [4.69, 9.17) is 14.8 Å². The molecular weight excluding hydrogens is 337 g/mol. The second kappa shape index (κ2) is 5.86.